The number of ether oxygens (including phenoxy) is 2. The number of hydrogen-bond donors (Lipinski definition) is 1. The highest BCUT2D eigenvalue weighted by molar-refractivity contribution is 9.10. The maximum atomic E-state index is 13.3. The van der Waals surface area contributed by atoms with E-state index in [1.165, 1.54) is 13.2 Å². The standard InChI is InChI=1S/C27H21BrCl2N2O5/c1-14-4-6-18(8-15(14)2)32-26(34)19(25(33)31-27(32)35)9-17-10-20(28)24(23(12-17)36-3)37-13-16-5-7-21(29)22(30)11-16/h4-12H,13H2,1-3H3,(H,31,33,35)/b19-9+. The number of imide groups is 2. The van der Waals surface area contributed by atoms with Crippen LogP contribution in [0.5, 0.6) is 11.5 Å². The van der Waals surface area contributed by atoms with Gasteiger partial charge < -0.3 is 9.47 Å². The summed E-state index contributed by atoms with van der Waals surface area (Å²) in [6.07, 6.45) is 1.40. The number of aryl methyl sites for hydroxylation is 2. The molecule has 3 aromatic rings. The third kappa shape index (κ3) is 5.66. The fourth-order valence-corrected chi connectivity index (χ4v) is 4.57. The molecule has 1 N–H and O–H groups in total. The molecule has 3 aromatic carbocycles. The lowest BCUT2D eigenvalue weighted by Crippen LogP contribution is -2.54. The molecule has 10 heteroatoms. The van der Waals surface area contributed by atoms with E-state index in [1.807, 2.05) is 19.9 Å². The van der Waals surface area contributed by atoms with E-state index < -0.39 is 17.8 Å². The van der Waals surface area contributed by atoms with Gasteiger partial charge in [-0.05, 0) is 94.5 Å². The molecule has 0 aliphatic carbocycles. The number of nitrogens with one attached hydrogen (secondary N) is 1. The fraction of sp³-hybridized carbons (Fsp3) is 0.148. The molecule has 1 fully saturated rings. The Morgan fingerprint density at radius 2 is 1.73 bits per heavy atom. The summed E-state index contributed by atoms with van der Waals surface area (Å²) < 4.78 is 12.0. The van der Waals surface area contributed by atoms with Crippen LogP contribution < -0.4 is 19.7 Å². The van der Waals surface area contributed by atoms with Gasteiger partial charge in [0.15, 0.2) is 11.5 Å². The normalized spacial score (nSPS) is 14.7. The van der Waals surface area contributed by atoms with Crippen LogP contribution in [0.15, 0.2) is 58.6 Å². The van der Waals surface area contributed by atoms with Crippen molar-refractivity contribution >= 4 is 68.7 Å². The van der Waals surface area contributed by atoms with Crippen LogP contribution in [-0.4, -0.2) is 25.0 Å². The molecule has 0 radical (unpaired) electrons. The molecule has 4 amide bonds. The zero-order valence-electron chi connectivity index (χ0n) is 20.0. The van der Waals surface area contributed by atoms with E-state index in [0.717, 1.165) is 21.6 Å². The number of carbonyl (C=O) groups excluding carboxylic acids is 3. The maximum absolute atomic E-state index is 13.3. The molecule has 0 spiro atoms. The second-order valence-corrected chi connectivity index (χ2v) is 9.97. The zero-order chi connectivity index (χ0) is 26.9. The molecular weight excluding hydrogens is 583 g/mol. The van der Waals surface area contributed by atoms with Crippen LogP contribution in [0.4, 0.5) is 10.5 Å². The molecular formula is C27H21BrCl2N2O5. The van der Waals surface area contributed by atoms with Gasteiger partial charge in [0, 0.05) is 0 Å². The number of halogens is 3. The van der Waals surface area contributed by atoms with Crippen molar-refractivity contribution < 1.29 is 23.9 Å². The van der Waals surface area contributed by atoms with Gasteiger partial charge in [0.05, 0.1) is 27.3 Å². The summed E-state index contributed by atoms with van der Waals surface area (Å²) in [7, 11) is 1.48. The van der Waals surface area contributed by atoms with Crippen LogP contribution in [0.3, 0.4) is 0 Å². The third-order valence-electron chi connectivity index (χ3n) is 5.78. The molecule has 0 bridgehead atoms. The van der Waals surface area contributed by atoms with Gasteiger partial charge in [-0.1, -0.05) is 35.3 Å². The van der Waals surface area contributed by atoms with Crippen molar-refractivity contribution in [1.82, 2.24) is 5.32 Å². The first-order valence-electron chi connectivity index (χ1n) is 11.0. The summed E-state index contributed by atoms with van der Waals surface area (Å²) in [5.74, 6) is -0.730. The van der Waals surface area contributed by atoms with E-state index in [-0.39, 0.29) is 12.2 Å². The van der Waals surface area contributed by atoms with Gasteiger partial charge in [-0.15, -0.1) is 0 Å². The molecule has 1 saturated heterocycles. The third-order valence-corrected chi connectivity index (χ3v) is 7.11. The first-order chi connectivity index (χ1) is 17.6. The molecule has 0 atom stereocenters. The van der Waals surface area contributed by atoms with Gasteiger partial charge in [0.25, 0.3) is 11.8 Å². The average molecular weight is 604 g/mol. The number of barbiturate groups is 1. The Morgan fingerprint density at radius 3 is 2.41 bits per heavy atom. The first kappa shape index (κ1) is 26.7. The van der Waals surface area contributed by atoms with Crippen LogP contribution in [0.25, 0.3) is 6.08 Å². The highest BCUT2D eigenvalue weighted by Gasteiger charge is 2.37. The number of rotatable bonds is 6. The molecule has 7 nitrogen and oxygen atoms in total. The van der Waals surface area contributed by atoms with Gasteiger partial charge in [-0.25, -0.2) is 9.69 Å². The van der Waals surface area contributed by atoms with Crippen molar-refractivity contribution in [2.24, 2.45) is 0 Å². The topological polar surface area (TPSA) is 84.9 Å². The monoisotopic (exact) mass is 602 g/mol. The molecule has 1 aliphatic rings. The predicted molar refractivity (Wildman–Crippen MR) is 146 cm³/mol. The van der Waals surface area contributed by atoms with Crippen LogP contribution in [0.1, 0.15) is 22.3 Å². The summed E-state index contributed by atoms with van der Waals surface area (Å²) >= 11 is 15.5. The summed E-state index contributed by atoms with van der Waals surface area (Å²) in [5.41, 5.74) is 3.38. The number of nitrogens with zero attached hydrogens (tertiary/aromatic N) is 1. The van der Waals surface area contributed by atoms with Gasteiger partial charge in [-0.3, -0.25) is 14.9 Å². The number of amides is 4. The SMILES string of the molecule is COc1cc(/C=C2\C(=O)NC(=O)N(c3ccc(C)c(C)c3)C2=O)cc(Br)c1OCc1ccc(Cl)c(Cl)c1. The van der Waals surface area contributed by atoms with E-state index in [9.17, 15) is 14.4 Å². The van der Waals surface area contributed by atoms with Crippen molar-refractivity contribution in [2.45, 2.75) is 20.5 Å². The number of anilines is 1. The van der Waals surface area contributed by atoms with E-state index in [1.54, 1.807) is 42.5 Å². The lowest BCUT2D eigenvalue weighted by molar-refractivity contribution is -0.122. The lowest BCUT2D eigenvalue weighted by Gasteiger charge is -2.27. The molecule has 0 unspecified atom stereocenters. The smallest absolute Gasteiger partial charge is 0.335 e. The number of urea groups is 1. The van der Waals surface area contributed by atoms with Gasteiger partial charge in [-0.2, -0.15) is 0 Å². The van der Waals surface area contributed by atoms with Crippen LogP contribution >= 0.6 is 39.1 Å². The Morgan fingerprint density at radius 1 is 0.973 bits per heavy atom. The molecule has 1 aliphatic heterocycles. The van der Waals surface area contributed by atoms with E-state index in [0.29, 0.717) is 37.3 Å². The van der Waals surface area contributed by atoms with E-state index in [2.05, 4.69) is 21.2 Å². The highest BCUT2D eigenvalue weighted by Crippen LogP contribution is 2.38. The van der Waals surface area contributed by atoms with Crippen molar-refractivity contribution in [2.75, 3.05) is 12.0 Å². The molecule has 37 heavy (non-hydrogen) atoms. The van der Waals surface area contributed by atoms with Crippen molar-refractivity contribution in [3.63, 3.8) is 0 Å². The Balaban J connectivity index is 1.64. The lowest BCUT2D eigenvalue weighted by atomic mass is 10.0. The highest BCUT2D eigenvalue weighted by atomic mass is 79.9. The number of benzene rings is 3. The predicted octanol–water partition coefficient (Wildman–Crippen LogP) is 6.63. The Hall–Kier alpha value is -3.33. The quantitative estimate of drug-likeness (QED) is 0.253. The average Bonchev–Trinajstić information content (AvgIpc) is 2.85. The zero-order valence-corrected chi connectivity index (χ0v) is 23.1. The van der Waals surface area contributed by atoms with E-state index >= 15 is 0 Å². The minimum Gasteiger partial charge on any atom is -0.493 e. The molecule has 0 saturated carbocycles. The Kier molecular flexibility index (Phi) is 7.92. The van der Waals surface area contributed by atoms with Crippen molar-refractivity contribution in [3.05, 3.63) is 90.9 Å². The number of hydrogen-bond acceptors (Lipinski definition) is 5. The minimum absolute atomic E-state index is 0.195. The Bertz CT molecular complexity index is 1470. The van der Waals surface area contributed by atoms with Crippen LogP contribution in [0, 0.1) is 13.8 Å². The summed E-state index contributed by atoms with van der Waals surface area (Å²) in [6.45, 7) is 4.00. The summed E-state index contributed by atoms with van der Waals surface area (Å²) in [5, 5.41) is 3.10. The van der Waals surface area contributed by atoms with Gasteiger partial charge >= 0.3 is 6.03 Å². The fourth-order valence-electron chi connectivity index (χ4n) is 3.67. The first-order valence-corrected chi connectivity index (χ1v) is 12.6. The van der Waals surface area contributed by atoms with Crippen molar-refractivity contribution in [3.8, 4) is 11.5 Å². The van der Waals surface area contributed by atoms with E-state index in [4.69, 9.17) is 32.7 Å². The van der Waals surface area contributed by atoms with Crippen molar-refractivity contribution in [1.29, 1.82) is 0 Å². The minimum atomic E-state index is -0.805. The summed E-state index contributed by atoms with van der Waals surface area (Å²) in [4.78, 5) is 39.3. The maximum Gasteiger partial charge on any atom is 0.335 e. The Labute approximate surface area is 232 Å². The number of methoxy groups -OCH3 is 1. The molecule has 1 heterocycles. The van der Waals surface area contributed by atoms with Crippen LogP contribution in [-0.2, 0) is 16.2 Å². The largest absolute Gasteiger partial charge is 0.493 e. The second kappa shape index (κ2) is 11.0. The van der Waals surface area contributed by atoms with Gasteiger partial charge in [0.1, 0.15) is 12.2 Å². The van der Waals surface area contributed by atoms with Crippen LogP contribution in [0.2, 0.25) is 10.0 Å². The number of carbonyl (C=O) groups is 3. The molecule has 190 valence electrons. The van der Waals surface area contributed by atoms with Gasteiger partial charge in [0.2, 0.25) is 0 Å². The summed E-state index contributed by atoms with van der Waals surface area (Å²) in [6, 6.07) is 12.9. The molecule has 4 rings (SSSR count). The molecule has 0 aromatic heterocycles. The second-order valence-electron chi connectivity index (χ2n) is 8.30.